The summed E-state index contributed by atoms with van der Waals surface area (Å²) in [5.74, 6) is 0.0273. The van der Waals surface area contributed by atoms with E-state index in [1.54, 1.807) is 11.8 Å². The third kappa shape index (κ3) is 4.14. The Balaban J connectivity index is 1.96. The lowest BCUT2D eigenvalue weighted by Crippen LogP contribution is -2.22. The molecule has 0 heterocycles. The largest absolute Gasteiger partial charge is 0.325 e. The van der Waals surface area contributed by atoms with Gasteiger partial charge in [-0.25, -0.2) is 0 Å². The molecule has 0 saturated carbocycles. The molecule has 2 rings (SSSR count). The molecule has 2 aromatic carbocycles. The highest BCUT2D eigenvalue weighted by atomic mass is 32.2. The van der Waals surface area contributed by atoms with Gasteiger partial charge >= 0.3 is 0 Å². The molecule has 98 valence electrons. The Labute approximate surface area is 118 Å². The number of amides is 1. The normalized spacial score (nSPS) is 11.9. The average Bonchev–Trinajstić information content (AvgIpc) is 2.40. The van der Waals surface area contributed by atoms with Crippen LogP contribution in [0.1, 0.15) is 12.5 Å². The summed E-state index contributed by atoms with van der Waals surface area (Å²) < 4.78 is 0. The predicted octanol–water partition coefficient (Wildman–Crippen LogP) is 4.11. The van der Waals surface area contributed by atoms with Gasteiger partial charge in [-0.15, -0.1) is 11.8 Å². The first-order valence-electron chi connectivity index (χ1n) is 6.24. The highest BCUT2D eigenvalue weighted by Gasteiger charge is 2.14. The third-order valence-corrected chi connectivity index (χ3v) is 3.82. The fraction of sp³-hybridized carbons (Fsp3) is 0.188. The van der Waals surface area contributed by atoms with E-state index >= 15 is 0 Å². The van der Waals surface area contributed by atoms with E-state index in [4.69, 9.17) is 0 Å². The molecule has 19 heavy (non-hydrogen) atoms. The van der Waals surface area contributed by atoms with Crippen molar-refractivity contribution in [3.63, 3.8) is 0 Å². The average molecular weight is 271 g/mol. The van der Waals surface area contributed by atoms with Crippen LogP contribution >= 0.6 is 11.8 Å². The van der Waals surface area contributed by atoms with Gasteiger partial charge < -0.3 is 5.32 Å². The van der Waals surface area contributed by atoms with Crippen LogP contribution in [0.5, 0.6) is 0 Å². The topological polar surface area (TPSA) is 29.1 Å². The van der Waals surface area contributed by atoms with Crippen LogP contribution in [0.4, 0.5) is 5.69 Å². The minimum Gasteiger partial charge on any atom is -0.325 e. The van der Waals surface area contributed by atoms with E-state index in [1.807, 2.05) is 68.4 Å². The number of hydrogen-bond acceptors (Lipinski definition) is 2. The molecular formula is C16H17NOS. The molecular weight excluding hydrogens is 254 g/mol. The first-order valence-corrected chi connectivity index (χ1v) is 7.12. The number of carbonyl (C=O) groups excluding carboxylic acids is 1. The van der Waals surface area contributed by atoms with Gasteiger partial charge in [-0.3, -0.25) is 4.79 Å². The van der Waals surface area contributed by atoms with E-state index in [0.717, 1.165) is 16.1 Å². The van der Waals surface area contributed by atoms with Crippen LogP contribution in [0, 0.1) is 6.92 Å². The zero-order valence-corrected chi connectivity index (χ0v) is 11.9. The van der Waals surface area contributed by atoms with Crippen molar-refractivity contribution in [1.29, 1.82) is 0 Å². The van der Waals surface area contributed by atoms with Crippen molar-refractivity contribution < 1.29 is 4.79 Å². The van der Waals surface area contributed by atoms with E-state index in [-0.39, 0.29) is 11.2 Å². The summed E-state index contributed by atoms with van der Waals surface area (Å²) in [5.41, 5.74) is 1.99. The summed E-state index contributed by atoms with van der Waals surface area (Å²) in [6.07, 6.45) is 0. The van der Waals surface area contributed by atoms with E-state index in [1.165, 1.54) is 0 Å². The second-order valence-electron chi connectivity index (χ2n) is 4.43. The van der Waals surface area contributed by atoms with Crippen molar-refractivity contribution in [2.45, 2.75) is 24.0 Å². The first-order chi connectivity index (χ1) is 9.15. The first kappa shape index (κ1) is 13.7. The van der Waals surface area contributed by atoms with Crippen LogP contribution in [0.2, 0.25) is 0 Å². The molecule has 0 spiro atoms. The molecule has 3 heteroatoms. The molecule has 0 bridgehead atoms. The maximum atomic E-state index is 12.1. The van der Waals surface area contributed by atoms with Gasteiger partial charge in [0.1, 0.15) is 0 Å². The third-order valence-electron chi connectivity index (χ3n) is 2.71. The maximum Gasteiger partial charge on any atom is 0.237 e. The van der Waals surface area contributed by atoms with Crippen molar-refractivity contribution in [1.82, 2.24) is 0 Å². The van der Waals surface area contributed by atoms with Crippen LogP contribution in [0.25, 0.3) is 0 Å². The number of thioether (sulfide) groups is 1. The van der Waals surface area contributed by atoms with Crippen molar-refractivity contribution in [3.8, 4) is 0 Å². The Morgan fingerprint density at radius 3 is 2.53 bits per heavy atom. The molecule has 1 N–H and O–H groups in total. The van der Waals surface area contributed by atoms with Crippen molar-refractivity contribution >= 4 is 23.4 Å². The zero-order chi connectivity index (χ0) is 13.7. The molecule has 0 aromatic heterocycles. The van der Waals surface area contributed by atoms with Crippen molar-refractivity contribution in [2.24, 2.45) is 0 Å². The summed E-state index contributed by atoms with van der Waals surface area (Å²) >= 11 is 1.56. The predicted molar refractivity (Wildman–Crippen MR) is 81.6 cm³/mol. The number of hydrogen-bond donors (Lipinski definition) is 1. The Morgan fingerprint density at radius 1 is 1.11 bits per heavy atom. The highest BCUT2D eigenvalue weighted by Crippen LogP contribution is 2.23. The van der Waals surface area contributed by atoms with Crippen molar-refractivity contribution in [3.05, 3.63) is 60.2 Å². The number of anilines is 1. The van der Waals surface area contributed by atoms with Crippen molar-refractivity contribution in [2.75, 3.05) is 5.32 Å². The number of rotatable bonds is 4. The van der Waals surface area contributed by atoms with E-state index in [2.05, 4.69) is 5.32 Å². The lowest BCUT2D eigenvalue weighted by atomic mass is 10.2. The maximum absolute atomic E-state index is 12.1. The SMILES string of the molecule is Cc1cccc(NC(=O)C(C)Sc2ccccc2)c1. The quantitative estimate of drug-likeness (QED) is 0.848. The minimum atomic E-state index is -0.122. The second-order valence-corrected chi connectivity index (χ2v) is 5.85. The molecule has 2 aromatic rings. The fourth-order valence-corrected chi connectivity index (χ4v) is 2.61. The Bertz CT molecular complexity index is 554. The zero-order valence-electron chi connectivity index (χ0n) is 11.1. The summed E-state index contributed by atoms with van der Waals surface area (Å²) in [4.78, 5) is 13.2. The molecule has 1 amide bonds. The number of benzene rings is 2. The van der Waals surface area contributed by atoms with Gasteiger partial charge in [0.15, 0.2) is 0 Å². The smallest absolute Gasteiger partial charge is 0.237 e. The number of carbonyl (C=O) groups is 1. The molecule has 1 unspecified atom stereocenters. The lowest BCUT2D eigenvalue weighted by Gasteiger charge is -2.12. The van der Waals surface area contributed by atoms with Crippen LogP contribution in [-0.4, -0.2) is 11.2 Å². The summed E-state index contributed by atoms with van der Waals surface area (Å²) in [5, 5.41) is 2.82. The van der Waals surface area contributed by atoms with E-state index < -0.39 is 0 Å². The monoisotopic (exact) mass is 271 g/mol. The van der Waals surface area contributed by atoms with Gasteiger partial charge in [0.2, 0.25) is 5.91 Å². The van der Waals surface area contributed by atoms with Crippen LogP contribution < -0.4 is 5.32 Å². The van der Waals surface area contributed by atoms with Gasteiger partial charge in [-0.05, 0) is 43.7 Å². The molecule has 0 radical (unpaired) electrons. The molecule has 1 atom stereocenters. The van der Waals surface area contributed by atoms with Gasteiger partial charge in [0.05, 0.1) is 5.25 Å². The Morgan fingerprint density at radius 2 is 1.84 bits per heavy atom. The molecule has 0 aliphatic heterocycles. The fourth-order valence-electron chi connectivity index (χ4n) is 1.72. The molecule has 2 nitrogen and oxygen atoms in total. The standard InChI is InChI=1S/C16H17NOS/c1-12-7-6-8-14(11-12)17-16(18)13(2)19-15-9-4-3-5-10-15/h3-11,13H,1-2H3,(H,17,18). The Hall–Kier alpha value is -1.74. The highest BCUT2D eigenvalue weighted by molar-refractivity contribution is 8.00. The lowest BCUT2D eigenvalue weighted by molar-refractivity contribution is -0.115. The van der Waals surface area contributed by atoms with Gasteiger partial charge in [-0.1, -0.05) is 30.3 Å². The van der Waals surface area contributed by atoms with Gasteiger partial charge in [-0.2, -0.15) is 0 Å². The van der Waals surface area contributed by atoms with Gasteiger partial charge in [0, 0.05) is 10.6 Å². The van der Waals surface area contributed by atoms with E-state index in [9.17, 15) is 4.79 Å². The van der Waals surface area contributed by atoms with Crippen LogP contribution in [-0.2, 0) is 4.79 Å². The summed E-state index contributed by atoms with van der Waals surface area (Å²) in [7, 11) is 0. The molecule has 0 aliphatic carbocycles. The second kappa shape index (κ2) is 6.43. The number of aryl methyl sites for hydroxylation is 1. The minimum absolute atomic E-state index is 0.0273. The molecule has 0 fully saturated rings. The molecule has 0 aliphatic rings. The molecule has 0 saturated heterocycles. The Kier molecular flexibility index (Phi) is 4.63. The summed E-state index contributed by atoms with van der Waals surface area (Å²) in [6.45, 7) is 3.93. The number of nitrogens with one attached hydrogen (secondary N) is 1. The van der Waals surface area contributed by atoms with Gasteiger partial charge in [0.25, 0.3) is 0 Å². The van der Waals surface area contributed by atoms with Crippen LogP contribution in [0.15, 0.2) is 59.5 Å². The van der Waals surface area contributed by atoms with E-state index in [0.29, 0.717) is 0 Å². The van der Waals surface area contributed by atoms with Crippen LogP contribution in [0.3, 0.4) is 0 Å². The summed E-state index contributed by atoms with van der Waals surface area (Å²) in [6, 6.07) is 17.8.